The zero-order valence-electron chi connectivity index (χ0n) is 14.6. The van der Waals surface area contributed by atoms with Crippen molar-refractivity contribution in [2.45, 2.75) is 18.6 Å². The zero-order valence-corrected chi connectivity index (χ0v) is 16.2. The number of nitrogens with zero attached hydrogens (tertiary/aromatic N) is 1. The first kappa shape index (κ1) is 19.8. The van der Waals surface area contributed by atoms with Crippen LogP contribution in [-0.2, 0) is 12.2 Å². The van der Waals surface area contributed by atoms with Gasteiger partial charge in [-0.15, -0.1) is 12.4 Å². The molecule has 7 heteroatoms. The summed E-state index contributed by atoms with van der Waals surface area (Å²) in [5.74, 6) is 1.72. The van der Waals surface area contributed by atoms with Crippen molar-refractivity contribution in [2.24, 2.45) is 0 Å². The molecule has 0 aliphatic carbocycles. The van der Waals surface area contributed by atoms with Gasteiger partial charge >= 0.3 is 0 Å². The minimum atomic E-state index is -0.0548. The van der Waals surface area contributed by atoms with Gasteiger partial charge in [0.05, 0.1) is 0 Å². The third-order valence-corrected chi connectivity index (χ3v) is 5.29. The molecule has 2 N–H and O–H groups in total. The van der Waals surface area contributed by atoms with E-state index in [2.05, 4.69) is 15.2 Å². The van der Waals surface area contributed by atoms with E-state index in [-0.39, 0.29) is 23.9 Å². The maximum absolute atomic E-state index is 12.4. The fraction of sp³-hybridized carbons (Fsp3) is 0.444. The molecule has 5 nitrogen and oxygen atoms in total. The molecule has 0 fully saturated rings. The van der Waals surface area contributed by atoms with E-state index < -0.39 is 0 Å². The van der Waals surface area contributed by atoms with Crippen LogP contribution in [0, 0.1) is 0 Å². The summed E-state index contributed by atoms with van der Waals surface area (Å²) in [6.45, 7) is 1.61. The molecule has 0 bridgehead atoms. The van der Waals surface area contributed by atoms with Gasteiger partial charge in [-0.2, -0.15) is 11.8 Å². The van der Waals surface area contributed by atoms with E-state index in [1.165, 1.54) is 0 Å². The first-order chi connectivity index (χ1) is 11.6. The van der Waals surface area contributed by atoms with Crippen molar-refractivity contribution in [1.29, 1.82) is 0 Å². The van der Waals surface area contributed by atoms with E-state index >= 15 is 0 Å². The average molecular weight is 382 g/mol. The van der Waals surface area contributed by atoms with Crippen molar-refractivity contribution < 1.29 is 4.79 Å². The van der Waals surface area contributed by atoms with Crippen molar-refractivity contribution in [1.82, 2.24) is 15.2 Å². The van der Waals surface area contributed by atoms with Crippen molar-refractivity contribution >= 4 is 41.0 Å². The van der Waals surface area contributed by atoms with Crippen molar-refractivity contribution in [3.8, 4) is 0 Å². The number of aromatic amines is 1. The lowest BCUT2D eigenvalue weighted by molar-refractivity contribution is 0.0952. The molecule has 0 radical (unpaired) electrons. The Morgan fingerprint density at radius 2 is 2.12 bits per heavy atom. The molecule has 136 valence electrons. The second-order valence-corrected chi connectivity index (χ2v) is 7.49. The number of benzene rings is 1. The van der Waals surface area contributed by atoms with Gasteiger partial charge in [-0.1, -0.05) is 0 Å². The van der Waals surface area contributed by atoms with Crippen LogP contribution in [0.2, 0.25) is 0 Å². The van der Waals surface area contributed by atoms with Crippen LogP contribution in [0.1, 0.15) is 27.9 Å². The molecule has 2 aromatic rings. The van der Waals surface area contributed by atoms with Crippen LogP contribution >= 0.6 is 24.2 Å². The minimum absolute atomic E-state index is 0. The number of pyridine rings is 1. The van der Waals surface area contributed by atoms with Crippen LogP contribution in [-0.4, -0.2) is 48.7 Å². The van der Waals surface area contributed by atoms with Gasteiger partial charge < -0.3 is 15.2 Å². The van der Waals surface area contributed by atoms with Gasteiger partial charge in [0.15, 0.2) is 0 Å². The molecule has 1 aliphatic heterocycles. The monoisotopic (exact) mass is 381 g/mol. The van der Waals surface area contributed by atoms with E-state index in [0.29, 0.717) is 12.1 Å². The smallest absolute Gasteiger partial charge is 0.252 e. The molecular weight excluding hydrogens is 358 g/mol. The summed E-state index contributed by atoms with van der Waals surface area (Å²) in [6, 6.07) is 5.54. The highest BCUT2D eigenvalue weighted by molar-refractivity contribution is 7.98. The number of H-pyrrole nitrogens is 1. The SMILES string of the molecule is CN(C)CCCNC(=O)c1ccc2[nH]c(=O)c3c(c2c1)CCSC3.Cl. The number of carbonyl (C=O) groups is 1. The second-order valence-electron chi connectivity index (χ2n) is 6.39. The Morgan fingerprint density at radius 1 is 1.32 bits per heavy atom. The molecule has 0 saturated heterocycles. The fourth-order valence-corrected chi connectivity index (χ4v) is 4.03. The van der Waals surface area contributed by atoms with E-state index in [9.17, 15) is 9.59 Å². The number of thioether (sulfide) groups is 1. The number of halogens is 1. The van der Waals surface area contributed by atoms with Crippen molar-refractivity contribution in [3.63, 3.8) is 0 Å². The molecule has 1 amide bonds. The summed E-state index contributed by atoms with van der Waals surface area (Å²) in [5.41, 5.74) is 3.44. The molecule has 2 heterocycles. The molecule has 1 aromatic carbocycles. The van der Waals surface area contributed by atoms with Gasteiger partial charge in [-0.3, -0.25) is 9.59 Å². The van der Waals surface area contributed by atoms with Crippen LogP contribution in [0.3, 0.4) is 0 Å². The Labute approximate surface area is 158 Å². The summed E-state index contributed by atoms with van der Waals surface area (Å²) in [7, 11) is 4.04. The van der Waals surface area contributed by atoms with Crippen LogP contribution in [0.5, 0.6) is 0 Å². The fourth-order valence-electron chi connectivity index (χ4n) is 3.03. The standard InChI is InChI=1S/C18H23N3O2S.ClH/c1-21(2)8-3-7-19-17(22)12-4-5-16-14(10-12)13-6-9-24-11-15(13)18(23)20-16;/h4-5,10H,3,6-9,11H2,1-2H3,(H,19,22)(H,20,23);1H. The third kappa shape index (κ3) is 4.57. The minimum Gasteiger partial charge on any atom is -0.352 e. The Balaban J connectivity index is 0.00000225. The summed E-state index contributed by atoms with van der Waals surface area (Å²) < 4.78 is 0. The lowest BCUT2D eigenvalue weighted by Gasteiger charge is -2.17. The van der Waals surface area contributed by atoms with E-state index in [1.807, 2.05) is 26.2 Å². The predicted octanol–water partition coefficient (Wildman–Crippen LogP) is 2.42. The lowest BCUT2D eigenvalue weighted by atomic mass is 9.99. The Morgan fingerprint density at radius 3 is 2.88 bits per heavy atom. The van der Waals surface area contributed by atoms with E-state index in [1.54, 1.807) is 17.8 Å². The first-order valence-electron chi connectivity index (χ1n) is 8.24. The predicted molar refractivity (Wildman–Crippen MR) is 107 cm³/mol. The van der Waals surface area contributed by atoms with Crippen LogP contribution in [0.25, 0.3) is 10.9 Å². The number of aromatic nitrogens is 1. The highest BCUT2D eigenvalue weighted by atomic mass is 35.5. The van der Waals surface area contributed by atoms with Gasteiger partial charge in [0.2, 0.25) is 0 Å². The molecular formula is C18H24ClN3O2S. The molecule has 0 saturated carbocycles. The van der Waals surface area contributed by atoms with E-state index in [0.717, 1.165) is 52.9 Å². The van der Waals surface area contributed by atoms with Gasteiger partial charge in [-0.05, 0) is 63.0 Å². The summed E-state index contributed by atoms with van der Waals surface area (Å²) in [6.07, 6.45) is 1.81. The number of hydrogen-bond acceptors (Lipinski definition) is 4. The second kappa shape index (κ2) is 8.74. The molecule has 0 spiro atoms. The largest absolute Gasteiger partial charge is 0.352 e. The Kier molecular flexibility index (Phi) is 6.93. The number of hydrogen-bond donors (Lipinski definition) is 2. The highest BCUT2D eigenvalue weighted by Gasteiger charge is 2.17. The van der Waals surface area contributed by atoms with E-state index in [4.69, 9.17) is 0 Å². The van der Waals surface area contributed by atoms with Gasteiger partial charge in [-0.25, -0.2) is 0 Å². The molecule has 1 aromatic heterocycles. The number of amides is 1. The van der Waals surface area contributed by atoms with Crippen LogP contribution in [0.4, 0.5) is 0 Å². The Bertz CT molecular complexity index is 820. The van der Waals surface area contributed by atoms with Crippen LogP contribution < -0.4 is 10.9 Å². The number of nitrogens with one attached hydrogen (secondary N) is 2. The van der Waals surface area contributed by atoms with Crippen molar-refractivity contribution in [3.05, 3.63) is 45.2 Å². The highest BCUT2D eigenvalue weighted by Crippen LogP contribution is 2.28. The Hall–Kier alpha value is -1.50. The average Bonchev–Trinajstić information content (AvgIpc) is 2.58. The van der Waals surface area contributed by atoms with Crippen molar-refractivity contribution in [2.75, 3.05) is 32.9 Å². The maximum atomic E-state index is 12.4. The number of aryl methyl sites for hydroxylation is 1. The normalized spacial score (nSPS) is 13.4. The number of fused-ring (bicyclic) bond motifs is 3. The maximum Gasteiger partial charge on any atom is 0.252 e. The van der Waals surface area contributed by atoms with Crippen LogP contribution in [0.15, 0.2) is 23.0 Å². The van der Waals surface area contributed by atoms with Gasteiger partial charge in [0.1, 0.15) is 0 Å². The third-order valence-electron chi connectivity index (χ3n) is 4.30. The number of carbonyl (C=O) groups excluding carboxylic acids is 1. The number of rotatable bonds is 5. The molecule has 0 unspecified atom stereocenters. The van der Waals surface area contributed by atoms with Gasteiger partial charge in [0.25, 0.3) is 11.5 Å². The first-order valence-corrected chi connectivity index (χ1v) is 9.40. The lowest BCUT2D eigenvalue weighted by Crippen LogP contribution is -2.27. The summed E-state index contributed by atoms with van der Waals surface area (Å²) in [4.78, 5) is 29.6. The summed E-state index contributed by atoms with van der Waals surface area (Å²) in [5, 5.41) is 3.97. The quantitative estimate of drug-likeness (QED) is 0.781. The molecule has 0 atom stereocenters. The van der Waals surface area contributed by atoms with Gasteiger partial charge in [0, 0.05) is 34.3 Å². The molecule has 1 aliphatic rings. The topological polar surface area (TPSA) is 65.2 Å². The zero-order chi connectivity index (χ0) is 17.1. The molecule has 25 heavy (non-hydrogen) atoms. The summed E-state index contributed by atoms with van der Waals surface area (Å²) >= 11 is 1.78. The molecule has 3 rings (SSSR count).